The number of ether oxygens (including phenoxy) is 3. The Hall–Kier alpha value is -1.73. The molecule has 13 heteroatoms. The maximum Gasteiger partial charge on any atom is 0.316 e. The van der Waals surface area contributed by atoms with Crippen molar-refractivity contribution in [3.05, 3.63) is 23.0 Å². The number of carbonyl (C=O) groups is 3. The zero-order chi connectivity index (χ0) is 23.1. The van der Waals surface area contributed by atoms with E-state index in [1.54, 1.807) is 0 Å². The van der Waals surface area contributed by atoms with Gasteiger partial charge in [0.2, 0.25) is 0 Å². The fraction of sp³-hybridized carbons (Fsp3) is 0.526. The Morgan fingerprint density at radius 3 is 2.72 bits per heavy atom. The number of esters is 2. The quantitative estimate of drug-likeness (QED) is 0.324. The number of anilines is 1. The Labute approximate surface area is 198 Å². The number of halogens is 2. The van der Waals surface area contributed by atoms with Crippen LogP contribution in [0.1, 0.15) is 19.8 Å². The molecule has 2 unspecified atom stereocenters. The van der Waals surface area contributed by atoms with Gasteiger partial charge in [-0.3, -0.25) is 19.4 Å². The van der Waals surface area contributed by atoms with Crippen molar-refractivity contribution >= 4 is 58.2 Å². The van der Waals surface area contributed by atoms with Gasteiger partial charge in [-0.05, 0) is 25.0 Å². The summed E-state index contributed by atoms with van der Waals surface area (Å²) in [5, 5.41) is 1.33. The molecule has 2 aliphatic heterocycles. The first-order chi connectivity index (χ1) is 15.3. The van der Waals surface area contributed by atoms with Gasteiger partial charge in [-0.25, -0.2) is 9.82 Å². The van der Waals surface area contributed by atoms with E-state index in [0.717, 1.165) is 42.6 Å². The van der Waals surface area contributed by atoms with Crippen molar-refractivity contribution in [2.24, 2.45) is 0 Å². The molecule has 176 valence electrons. The minimum atomic E-state index is -0.682. The molecule has 1 aromatic carbocycles. The van der Waals surface area contributed by atoms with Crippen LogP contribution in [-0.4, -0.2) is 66.5 Å². The number of amides is 1. The number of hydrogen-bond acceptors (Lipinski definition) is 10. The number of nitrogens with zero attached hydrogens (tertiary/aromatic N) is 1. The molecule has 1 amide bonds. The summed E-state index contributed by atoms with van der Waals surface area (Å²) < 4.78 is 32.6. The van der Waals surface area contributed by atoms with E-state index >= 15 is 0 Å². The third kappa shape index (κ3) is 7.14. The molecule has 2 aliphatic rings. The van der Waals surface area contributed by atoms with Crippen molar-refractivity contribution in [1.82, 2.24) is 10.4 Å². The molecule has 2 heterocycles. The lowest BCUT2D eigenvalue weighted by Gasteiger charge is -2.27. The van der Waals surface area contributed by atoms with E-state index in [4.69, 9.17) is 25.8 Å². The van der Waals surface area contributed by atoms with E-state index in [9.17, 15) is 18.8 Å². The van der Waals surface area contributed by atoms with Gasteiger partial charge in [-0.2, -0.15) is 0 Å². The van der Waals surface area contributed by atoms with Gasteiger partial charge in [-0.1, -0.05) is 11.6 Å². The maximum atomic E-state index is 14.3. The second kappa shape index (κ2) is 11.9. The minimum Gasteiger partial charge on any atom is -0.456 e. The maximum absolute atomic E-state index is 14.3. The Morgan fingerprint density at radius 1 is 1.28 bits per heavy atom. The highest BCUT2D eigenvalue weighted by atomic mass is 35.5. The van der Waals surface area contributed by atoms with Gasteiger partial charge in [0, 0.05) is 36.9 Å². The predicted molar refractivity (Wildman–Crippen MR) is 119 cm³/mol. The fourth-order valence-corrected chi connectivity index (χ4v) is 4.68. The Balaban J connectivity index is 1.53. The predicted octanol–water partition coefficient (Wildman–Crippen LogP) is 3.23. The largest absolute Gasteiger partial charge is 0.456 e. The third-order valence-corrected chi connectivity index (χ3v) is 6.70. The smallest absolute Gasteiger partial charge is 0.316 e. The van der Waals surface area contributed by atoms with Crippen LogP contribution < -0.4 is 10.1 Å². The molecule has 3 rings (SSSR count). The van der Waals surface area contributed by atoms with Crippen molar-refractivity contribution < 1.29 is 33.0 Å². The van der Waals surface area contributed by atoms with Gasteiger partial charge in [0.15, 0.2) is 12.2 Å². The summed E-state index contributed by atoms with van der Waals surface area (Å²) in [6, 6.07) is 2.54. The van der Waals surface area contributed by atoms with E-state index < -0.39 is 30.0 Å². The summed E-state index contributed by atoms with van der Waals surface area (Å²) >= 11 is 7.92. The van der Waals surface area contributed by atoms with Crippen molar-refractivity contribution in [3.63, 3.8) is 0 Å². The molecular formula is C19H23ClFN3O6S2. The van der Waals surface area contributed by atoms with Gasteiger partial charge in [0.1, 0.15) is 5.82 Å². The first kappa shape index (κ1) is 24.9. The van der Waals surface area contributed by atoms with E-state index in [2.05, 4.69) is 10.1 Å². The van der Waals surface area contributed by atoms with Gasteiger partial charge >= 0.3 is 17.2 Å². The molecule has 2 fully saturated rings. The average molecular weight is 508 g/mol. The lowest BCUT2D eigenvalue weighted by molar-refractivity contribution is -0.160. The number of thioether (sulfide) groups is 1. The van der Waals surface area contributed by atoms with Crippen molar-refractivity contribution in [2.75, 3.05) is 36.8 Å². The first-order valence-electron chi connectivity index (χ1n) is 9.87. The van der Waals surface area contributed by atoms with E-state index in [1.807, 2.05) is 0 Å². The molecule has 0 aromatic heterocycles. The zero-order valence-electron chi connectivity index (χ0n) is 17.2. The second-order valence-corrected chi connectivity index (χ2v) is 9.18. The van der Waals surface area contributed by atoms with Crippen LogP contribution in [0.5, 0.6) is 0 Å². The molecule has 2 N–H and O–H groups in total. The van der Waals surface area contributed by atoms with E-state index in [0.29, 0.717) is 18.0 Å². The lowest BCUT2D eigenvalue weighted by Crippen LogP contribution is -2.45. The topological polar surface area (TPSA) is 106 Å². The molecule has 32 heavy (non-hydrogen) atoms. The molecule has 9 nitrogen and oxygen atoms in total. The number of carbonyl (C=O) groups excluding carboxylic acids is 3. The van der Waals surface area contributed by atoms with Crippen LogP contribution in [0.2, 0.25) is 5.02 Å². The third-order valence-electron chi connectivity index (χ3n) is 4.53. The molecule has 0 radical (unpaired) electrons. The molecule has 0 saturated carbocycles. The monoisotopic (exact) mass is 507 g/mol. The summed E-state index contributed by atoms with van der Waals surface area (Å²) in [7, 11) is 0. The molecule has 1 aromatic rings. The van der Waals surface area contributed by atoms with Gasteiger partial charge in [0.05, 0.1) is 29.7 Å². The highest BCUT2D eigenvalue weighted by Gasteiger charge is 2.34. The van der Waals surface area contributed by atoms with Crippen LogP contribution in [0.15, 0.2) is 17.0 Å². The van der Waals surface area contributed by atoms with Gasteiger partial charge in [0.25, 0.3) is 0 Å². The Morgan fingerprint density at radius 2 is 2.03 bits per heavy atom. The number of hydrogen-bond donors (Lipinski definition) is 2. The number of nitrogens with one attached hydrogen (secondary N) is 2. The standard InChI is InChI=1S/C19H23ClFN3O6S2/c1-11(25)29-15-8-28-9-16(15)30-18(26)10-31-17-7-14(13(21)6-12(17)20)23-32-19(27)24-5-3-2-4-22-24/h6-7,15-16,22-23H,2-5,8-10H2,1H3. The SMILES string of the molecule is CC(=O)OC1COCC1OC(=O)CSc1cc(NSC(=O)N2CCCCN2)c(F)cc1Cl. The highest BCUT2D eigenvalue weighted by molar-refractivity contribution is 8.14. The van der Waals surface area contributed by atoms with Crippen LogP contribution >= 0.6 is 35.3 Å². The van der Waals surface area contributed by atoms with Crippen molar-refractivity contribution in [2.45, 2.75) is 36.9 Å². The highest BCUT2D eigenvalue weighted by Crippen LogP contribution is 2.33. The molecule has 0 bridgehead atoms. The lowest BCUT2D eigenvalue weighted by atomic mass is 10.2. The van der Waals surface area contributed by atoms with E-state index in [1.165, 1.54) is 18.0 Å². The van der Waals surface area contributed by atoms with Gasteiger partial charge in [-0.15, -0.1) is 11.8 Å². The minimum absolute atomic E-state index is 0.0692. The van der Waals surface area contributed by atoms with Gasteiger partial charge < -0.3 is 18.9 Å². The molecule has 2 atom stereocenters. The van der Waals surface area contributed by atoms with Crippen LogP contribution in [0.4, 0.5) is 14.9 Å². The first-order valence-corrected chi connectivity index (χ1v) is 12.1. The average Bonchev–Trinajstić information content (AvgIpc) is 3.18. The van der Waals surface area contributed by atoms with Crippen molar-refractivity contribution in [1.29, 1.82) is 0 Å². The van der Waals surface area contributed by atoms with Crippen LogP contribution in [0, 0.1) is 5.82 Å². The molecule has 0 spiro atoms. The van der Waals surface area contributed by atoms with Crippen molar-refractivity contribution in [3.8, 4) is 0 Å². The molecule has 2 saturated heterocycles. The number of benzene rings is 1. The summed E-state index contributed by atoms with van der Waals surface area (Å²) in [6.07, 6.45) is 0.573. The summed E-state index contributed by atoms with van der Waals surface area (Å²) in [6.45, 7) is 2.87. The molecule has 0 aliphatic carbocycles. The Bertz CT molecular complexity index is 859. The van der Waals surface area contributed by atoms with Crippen LogP contribution in [0.25, 0.3) is 0 Å². The van der Waals surface area contributed by atoms with E-state index in [-0.39, 0.29) is 34.9 Å². The Kier molecular flexibility index (Phi) is 9.29. The summed E-state index contributed by atoms with van der Waals surface area (Å²) in [5.41, 5.74) is 3.05. The number of hydrazine groups is 1. The van der Waals surface area contributed by atoms with Crippen LogP contribution in [0.3, 0.4) is 0 Å². The molecular weight excluding hydrogens is 485 g/mol. The van der Waals surface area contributed by atoms with Crippen LogP contribution in [-0.2, 0) is 23.8 Å². The normalized spacial score (nSPS) is 20.7. The summed E-state index contributed by atoms with van der Waals surface area (Å²) in [5.74, 6) is -1.77. The fourth-order valence-electron chi connectivity index (χ4n) is 3.00. The number of rotatable bonds is 7. The second-order valence-electron chi connectivity index (χ2n) is 7.00. The summed E-state index contributed by atoms with van der Waals surface area (Å²) in [4.78, 5) is 36.0. The zero-order valence-corrected chi connectivity index (χ0v) is 19.6.